The van der Waals surface area contributed by atoms with Gasteiger partial charge in [-0.3, -0.25) is 4.79 Å². The predicted octanol–water partition coefficient (Wildman–Crippen LogP) is 1.41. The molecule has 12 N–H and O–H groups in total. The molecular weight excluding hydrogens is 1260 g/mol. The van der Waals surface area contributed by atoms with Crippen LogP contribution in [-0.4, -0.2) is 246 Å². The molecule has 0 radical (unpaired) electrons. The largest absolute Gasteiger partial charge is 0.479 e. The third-order valence-corrected chi connectivity index (χ3v) is 24.1. The van der Waals surface area contributed by atoms with E-state index in [1.54, 1.807) is 55.5 Å². The normalized spacial score (nSPS) is 46.4. The van der Waals surface area contributed by atoms with Crippen LogP contribution in [0.15, 0.2) is 72.3 Å². The lowest BCUT2D eigenvalue weighted by atomic mass is 9.33. The summed E-state index contributed by atoms with van der Waals surface area (Å²) in [5.74, 6) is -4.68. The van der Waals surface area contributed by atoms with Crippen molar-refractivity contribution in [3.05, 3.63) is 83.4 Å². The molecule has 4 saturated heterocycles. The Labute approximate surface area is 556 Å². The van der Waals surface area contributed by atoms with Crippen LogP contribution >= 0.6 is 0 Å². The number of aliphatic hydroxyl groups excluding tert-OH is 11. The molecule has 3 unspecified atom stereocenters. The third-order valence-electron chi connectivity index (χ3n) is 24.1. The maximum absolute atomic E-state index is 13.8. The number of aliphatic hydroxyl groups is 11. The second-order valence-electron chi connectivity index (χ2n) is 30.2. The first-order chi connectivity index (χ1) is 45.2. The SMILES string of the molecule is CC(=O)OC[C@@]12C(CC(C)(C)[C@@H](O[C@@H]3O[C@@H](C)[C@H](OC(=O)c4ccccc4)[C@@H](OC(=O)c4ccccc4)[C@H]3O)[C@@H]1O)C1=CCC3[C@@]4(C)CC[C@H](O[C@H]5O[C@H](C(=O)O)[C@@H](O)[C@H](O[C@@H]6O[C@@H](CO)[C@H](O)[C@H]6O)[C@H]5O[C@@H]5O[C@H](CO)[C@H](O)[C@H](O)[C@H]5O)C(C)(C)C4CC[C@@]3(C)[C@]1(C)C[C@H]2O. The van der Waals surface area contributed by atoms with Crippen molar-refractivity contribution in [2.24, 2.45) is 50.2 Å². The van der Waals surface area contributed by atoms with Crippen molar-refractivity contribution >= 4 is 23.9 Å². The van der Waals surface area contributed by atoms with Crippen molar-refractivity contribution in [2.75, 3.05) is 19.8 Å². The van der Waals surface area contributed by atoms with E-state index in [0.717, 1.165) is 5.57 Å². The van der Waals surface area contributed by atoms with Crippen LogP contribution in [0.25, 0.3) is 0 Å². The van der Waals surface area contributed by atoms with Crippen LogP contribution in [0.1, 0.15) is 128 Å². The zero-order valence-electron chi connectivity index (χ0n) is 55.4. The molecule has 96 heavy (non-hydrogen) atoms. The van der Waals surface area contributed by atoms with E-state index in [0.29, 0.717) is 32.1 Å². The highest BCUT2D eigenvalue weighted by Crippen LogP contribution is 2.76. The summed E-state index contributed by atoms with van der Waals surface area (Å²) in [6.07, 6.45) is -32.5. The molecule has 27 nitrogen and oxygen atoms in total. The fourth-order valence-corrected chi connectivity index (χ4v) is 18.7. The number of carboxylic acids is 1. The van der Waals surface area contributed by atoms with Gasteiger partial charge in [0.25, 0.3) is 0 Å². The lowest BCUT2D eigenvalue weighted by molar-refractivity contribution is -0.386. The Morgan fingerprint density at radius 3 is 1.70 bits per heavy atom. The number of hydrogen-bond donors (Lipinski definition) is 12. The summed E-state index contributed by atoms with van der Waals surface area (Å²) in [7, 11) is 0. The molecule has 5 aliphatic carbocycles. The minimum absolute atomic E-state index is 0.0522. The molecule has 534 valence electrons. The zero-order valence-corrected chi connectivity index (χ0v) is 55.4. The highest BCUT2D eigenvalue weighted by molar-refractivity contribution is 5.90. The Morgan fingerprint density at radius 1 is 0.573 bits per heavy atom. The van der Waals surface area contributed by atoms with Gasteiger partial charge in [0.2, 0.25) is 0 Å². The fraction of sp³-hybridized carbons (Fsp3) is 0.739. The number of hydrogen-bond acceptors (Lipinski definition) is 26. The quantitative estimate of drug-likeness (QED) is 0.0461. The molecule has 4 saturated carbocycles. The second-order valence-corrected chi connectivity index (χ2v) is 30.2. The summed E-state index contributed by atoms with van der Waals surface area (Å²) in [4.78, 5) is 53.3. The maximum atomic E-state index is 13.8. The topological polar surface area (TPSA) is 413 Å². The Hall–Kier alpha value is -4.70. The van der Waals surface area contributed by atoms with E-state index >= 15 is 0 Å². The molecule has 9 aliphatic rings. The number of fused-ring (bicyclic) bond motifs is 7. The van der Waals surface area contributed by atoms with Gasteiger partial charge in [0, 0.05) is 6.92 Å². The van der Waals surface area contributed by atoms with Gasteiger partial charge in [-0.25, -0.2) is 14.4 Å². The monoisotopic (exact) mass is 1360 g/mol. The summed E-state index contributed by atoms with van der Waals surface area (Å²) in [5.41, 5.74) is -3.75. The average Bonchev–Trinajstić information content (AvgIpc) is 0.772. The van der Waals surface area contributed by atoms with Crippen LogP contribution in [0.3, 0.4) is 0 Å². The van der Waals surface area contributed by atoms with Gasteiger partial charge in [-0.2, -0.15) is 0 Å². The Bertz CT molecular complexity index is 3130. The van der Waals surface area contributed by atoms with Crippen molar-refractivity contribution < 1.29 is 133 Å². The van der Waals surface area contributed by atoms with Gasteiger partial charge in [0.1, 0.15) is 73.8 Å². The predicted molar refractivity (Wildman–Crippen MR) is 329 cm³/mol. The van der Waals surface area contributed by atoms with E-state index < -0.39 is 223 Å². The number of carboxylic acid groups (broad SMARTS) is 1. The molecule has 11 rings (SSSR count). The molecule has 8 fully saturated rings. The van der Waals surface area contributed by atoms with E-state index in [1.807, 2.05) is 27.7 Å². The van der Waals surface area contributed by atoms with Gasteiger partial charge in [0.05, 0.1) is 60.3 Å². The van der Waals surface area contributed by atoms with Crippen LogP contribution < -0.4 is 0 Å². The molecule has 4 aliphatic heterocycles. The summed E-state index contributed by atoms with van der Waals surface area (Å²) >= 11 is 0. The minimum atomic E-state index is -2.14. The molecule has 0 bridgehead atoms. The number of rotatable bonds is 17. The van der Waals surface area contributed by atoms with Crippen LogP contribution in [0, 0.1) is 50.2 Å². The van der Waals surface area contributed by atoms with Crippen molar-refractivity contribution in [3.63, 3.8) is 0 Å². The smallest absolute Gasteiger partial charge is 0.338 e. The molecule has 30 atom stereocenters. The number of benzene rings is 2. The van der Waals surface area contributed by atoms with Gasteiger partial charge in [-0.15, -0.1) is 0 Å². The first-order valence-electron chi connectivity index (χ1n) is 33.4. The Balaban J connectivity index is 0.872. The molecule has 0 spiro atoms. The lowest BCUT2D eigenvalue weighted by Gasteiger charge is -2.72. The molecule has 27 heteroatoms. The van der Waals surface area contributed by atoms with Gasteiger partial charge in [-0.05, 0) is 121 Å². The summed E-state index contributed by atoms with van der Waals surface area (Å²) in [5, 5.41) is 136. The fourth-order valence-electron chi connectivity index (χ4n) is 18.7. The van der Waals surface area contributed by atoms with Gasteiger partial charge >= 0.3 is 23.9 Å². The zero-order chi connectivity index (χ0) is 69.7. The van der Waals surface area contributed by atoms with E-state index in [-0.39, 0.29) is 35.8 Å². The number of aliphatic carboxylic acids is 1. The second kappa shape index (κ2) is 27.3. The minimum Gasteiger partial charge on any atom is -0.479 e. The van der Waals surface area contributed by atoms with E-state index in [4.69, 9.17) is 52.1 Å². The lowest BCUT2D eigenvalue weighted by Crippen LogP contribution is -2.72. The van der Waals surface area contributed by atoms with Gasteiger partial charge in [0.15, 0.2) is 43.5 Å². The van der Waals surface area contributed by atoms with Crippen molar-refractivity contribution in [1.82, 2.24) is 0 Å². The molecule has 0 aromatic heterocycles. The summed E-state index contributed by atoms with van der Waals surface area (Å²) < 4.78 is 67.7. The van der Waals surface area contributed by atoms with Crippen LogP contribution in [-0.2, 0) is 61.7 Å². The number of esters is 3. The molecule has 2 aromatic rings. The molecule has 2 aromatic carbocycles. The number of allylic oxidation sites excluding steroid dienone is 2. The van der Waals surface area contributed by atoms with E-state index in [1.165, 1.54) is 19.1 Å². The Kier molecular flexibility index (Phi) is 20.7. The summed E-state index contributed by atoms with van der Waals surface area (Å²) in [6.45, 7) is 15.4. The van der Waals surface area contributed by atoms with Crippen LogP contribution in [0.5, 0.6) is 0 Å². The standard InChI is InChI=1S/C69H96O27/c1-31-50(91-58(84)33-16-12-10-13-17-33)52(92-59(85)34-18-14-11-15-19-34)49(80)62(87-31)96-56-55(81)69(30-86-32(2)72)36(26-64(56,3)4)35-20-21-40-66(7)24-23-42(65(5,6)39(66)22-25-67(40,8)68(35,9)27-41(69)73)90-63-54(95-61-47(78)45(76)43(74)37(28-70)88-61)51(48(79)53(94-63)57(82)83)93-60-46(77)44(75)38(29-71)89-60/h10-20,31,36-56,60-63,70-71,73-81H,21-30H2,1-9H3,(H,82,83)/t31-,36?,37+,38-,39?,40?,41+,42-,43-,44-,45-,46+,47+,48-,49+,50-,51-,52-,53-,54+,55-,56-,60-,61-,62-,63-,66-,67+,68+,69-/m0/s1. The van der Waals surface area contributed by atoms with Crippen LogP contribution in [0.2, 0.25) is 0 Å². The highest BCUT2D eigenvalue weighted by atomic mass is 16.8. The first-order valence-corrected chi connectivity index (χ1v) is 33.4. The Morgan fingerprint density at radius 2 is 1.12 bits per heavy atom. The highest BCUT2D eigenvalue weighted by Gasteiger charge is 2.74. The first kappa shape index (κ1) is 72.5. The molecule has 4 heterocycles. The van der Waals surface area contributed by atoms with E-state index in [2.05, 4.69) is 26.8 Å². The van der Waals surface area contributed by atoms with Crippen molar-refractivity contribution in [1.29, 1.82) is 0 Å². The van der Waals surface area contributed by atoms with Gasteiger partial charge in [-0.1, -0.05) is 96.5 Å². The average molecular weight is 1360 g/mol. The van der Waals surface area contributed by atoms with Crippen molar-refractivity contribution in [2.45, 2.75) is 248 Å². The summed E-state index contributed by atoms with van der Waals surface area (Å²) in [6, 6.07) is 16.2. The van der Waals surface area contributed by atoms with Gasteiger partial charge < -0.3 is 113 Å². The number of carbonyl (C=O) groups is 4. The molecular formula is C69H96O27. The maximum Gasteiger partial charge on any atom is 0.338 e. The van der Waals surface area contributed by atoms with E-state index in [9.17, 15) is 80.5 Å². The third kappa shape index (κ3) is 12.4. The van der Waals surface area contributed by atoms with Crippen molar-refractivity contribution in [3.8, 4) is 0 Å². The number of ether oxygens (including phenoxy) is 11. The van der Waals surface area contributed by atoms with Crippen LogP contribution in [0.4, 0.5) is 0 Å². The molecule has 0 amide bonds. The number of carbonyl (C=O) groups excluding carboxylic acids is 3.